The van der Waals surface area contributed by atoms with Crippen LogP contribution in [0.1, 0.15) is 59.9 Å². The quantitative estimate of drug-likeness (QED) is 0.463. The van der Waals surface area contributed by atoms with E-state index in [-0.39, 0.29) is 18.6 Å². The Morgan fingerprint density at radius 3 is 1.75 bits per heavy atom. The summed E-state index contributed by atoms with van der Waals surface area (Å²) in [6.45, 7) is 11.1. The Kier molecular flexibility index (Phi) is 8.33. The second kappa shape index (κ2) is 9.80. The first-order valence-corrected chi connectivity index (χ1v) is 9.60. The molecule has 28 heavy (non-hydrogen) atoms. The molecule has 0 aromatic heterocycles. The smallest absolute Gasteiger partial charge is 0.328 e. The molecule has 0 unspecified atom stereocenters. The molecule has 0 aliphatic heterocycles. The van der Waals surface area contributed by atoms with Crippen molar-refractivity contribution in [1.29, 1.82) is 0 Å². The first kappa shape index (κ1) is 23.8. The van der Waals surface area contributed by atoms with Gasteiger partial charge in [0.15, 0.2) is 5.78 Å². The van der Waals surface area contributed by atoms with Gasteiger partial charge in [-0.1, -0.05) is 32.9 Å². The fourth-order valence-electron chi connectivity index (χ4n) is 2.93. The summed E-state index contributed by atoms with van der Waals surface area (Å²) >= 11 is 0. The van der Waals surface area contributed by atoms with Gasteiger partial charge in [-0.3, -0.25) is 14.4 Å². The standard InChI is InChI=1S/C22H31FO5/c1-7-27-19(25)17(20(26)28-8-2)18(24)22(6,14-13-21(3,4)5)15-9-11-16(23)12-10-15/h9-12,17H,7-8,13-14H2,1-6H3/t22-/m1/s1. The lowest BCUT2D eigenvalue weighted by Gasteiger charge is -2.33. The van der Waals surface area contributed by atoms with Gasteiger partial charge in [0.1, 0.15) is 5.82 Å². The van der Waals surface area contributed by atoms with Crippen molar-refractivity contribution >= 4 is 17.7 Å². The number of hydrogen-bond donors (Lipinski definition) is 0. The highest BCUT2D eigenvalue weighted by atomic mass is 19.1. The van der Waals surface area contributed by atoms with Gasteiger partial charge in [0.2, 0.25) is 5.92 Å². The van der Waals surface area contributed by atoms with Crippen LogP contribution in [0.4, 0.5) is 4.39 Å². The molecular formula is C22H31FO5. The maximum atomic E-state index is 13.5. The predicted octanol–water partition coefficient (Wildman–Crippen LogP) is 4.22. The van der Waals surface area contributed by atoms with E-state index in [1.165, 1.54) is 24.3 Å². The Morgan fingerprint density at radius 2 is 1.36 bits per heavy atom. The molecular weight excluding hydrogens is 363 g/mol. The van der Waals surface area contributed by atoms with E-state index in [1.807, 2.05) is 20.8 Å². The first-order valence-electron chi connectivity index (χ1n) is 9.60. The van der Waals surface area contributed by atoms with Crippen molar-refractivity contribution in [2.24, 2.45) is 11.3 Å². The zero-order chi connectivity index (χ0) is 21.5. The van der Waals surface area contributed by atoms with Crippen molar-refractivity contribution in [3.05, 3.63) is 35.6 Å². The van der Waals surface area contributed by atoms with Crippen LogP contribution < -0.4 is 0 Å². The molecule has 1 aromatic carbocycles. The topological polar surface area (TPSA) is 69.7 Å². The second-order valence-electron chi connectivity index (χ2n) is 8.20. The van der Waals surface area contributed by atoms with Crippen LogP contribution in [-0.2, 0) is 29.3 Å². The number of carbonyl (C=O) groups excluding carboxylic acids is 3. The highest BCUT2D eigenvalue weighted by molar-refractivity contribution is 6.18. The summed E-state index contributed by atoms with van der Waals surface area (Å²) in [5.41, 5.74) is -0.711. The molecule has 0 saturated heterocycles. The van der Waals surface area contributed by atoms with Gasteiger partial charge in [-0.15, -0.1) is 0 Å². The molecule has 0 bridgehead atoms. The van der Waals surface area contributed by atoms with Crippen LogP contribution in [0.5, 0.6) is 0 Å². The lowest BCUT2D eigenvalue weighted by molar-refractivity contribution is -0.165. The molecule has 0 amide bonds. The molecule has 0 radical (unpaired) electrons. The van der Waals surface area contributed by atoms with Crippen molar-refractivity contribution in [1.82, 2.24) is 0 Å². The van der Waals surface area contributed by atoms with Gasteiger partial charge in [-0.25, -0.2) is 4.39 Å². The number of carbonyl (C=O) groups is 3. The van der Waals surface area contributed by atoms with Crippen molar-refractivity contribution in [3.63, 3.8) is 0 Å². The van der Waals surface area contributed by atoms with Crippen molar-refractivity contribution < 1.29 is 28.2 Å². The van der Waals surface area contributed by atoms with Crippen LogP contribution in [0.2, 0.25) is 0 Å². The number of benzene rings is 1. The molecule has 1 aromatic rings. The summed E-state index contributed by atoms with van der Waals surface area (Å²) < 4.78 is 23.4. The van der Waals surface area contributed by atoms with Gasteiger partial charge in [-0.2, -0.15) is 0 Å². The number of halogens is 1. The Bertz CT molecular complexity index is 672. The third-order valence-corrected chi connectivity index (χ3v) is 4.71. The van der Waals surface area contributed by atoms with E-state index in [9.17, 15) is 18.8 Å². The summed E-state index contributed by atoms with van der Waals surface area (Å²) in [5.74, 6) is -4.54. The Morgan fingerprint density at radius 1 is 0.893 bits per heavy atom. The predicted molar refractivity (Wildman–Crippen MR) is 104 cm³/mol. The monoisotopic (exact) mass is 394 g/mol. The SMILES string of the molecule is CCOC(=O)C(C(=O)OCC)C(=O)[C@](C)(CCC(C)(C)C)c1ccc(F)cc1. The fourth-order valence-corrected chi connectivity index (χ4v) is 2.93. The normalized spacial score (nSPS) is 13.7. The van der Waals surface area contributed by atoms with Crippen molar-refractivity contribution in [2.75, 3.05) is 13.2 Å². The summed E-state index contributed by atoms with van der Waals surface area (Å²) in [6.07, 6.45) is 1.04. The average molecular weight is 394 g/mol. The minimum Gasteiger partial charge on any atom is -0.465 e. The van der Waals surface area contributed by atoms with E-state index in [4.69, 9.17) is 9.47 Å². The summed E-state index contributed by atoms with van der Waals surface area (Å²) in [4.78, 5) is 38.4. The van der Waals surface area contributed by atoms with Gasteiger partial charge < -0.3 is 9.47 Å². The van der Waals surface area contributed by atoms with E-state index in [1.54, 1.807) is 20.8 Å². The molecule has 0 heterocycles. The average Bonchev–Trinajstić information content (AvgIpc) is 2.60. The number of ketones is 1. The molecule has 1 rings (SSSR count). The molecule has 0 saturated carbocycles. The largest absolute Gasteiger partial charge is 0.465 e. The lowest BCUT2D eigenvalue weighted by Crippen LogP contribution is -2.46. The molecule has 0 aliphatic carbocycles. The zero-order valence-electron chi connectivity index (χ0n) is 17.6. The molecule has 0 spiro atoms. The lowest BCUT2D eigenvalue weighted by atomic mass is 9.69. The molecule has 6 heteroatoms. The van der Waals surface area contributed by atoms with Gasteiger partial charge in [0.05, 0.1) is 18.6 Å². The fraction of sp³-hybridized carbons (Fsp3) is 0.591. The minimum absolute atomic E-state index is 0.0390. The second-order valence-corrected chi connectivity index (χ2v) is 8.20. The van der Waals surface area contributed by atoms with Crippen LogP contribution in [0, 0.1) is 17.2 Å². The molecule has 156 valence electrons. The van der Waals surface area contributed by atoms with E-state index in [0.717, 1.165) is 0 Å². The van der Waals surface area contributed by atoms with Crippen LogP contribution in [0.25, 0.3) is 0 Å². The van der Waals surface area contributed by atoms with Crippen LogP contribution >= 0.6 is 0 Å². The van der Waals surface area contributed by atoms with Crippen molar-refractivity contribution in [2.45, 2.75) is 59.8 Å². The molecule has 0 N–H and O–H groups in total. The van der Waals surface area contributed by atoms with Gasteiger partial charge >= 0.3 is 11.9 Å². The van der Waals surface area contributed by atoms with Gasteiger partial charge in [-0.05, 0) is 56.7 Å². The Labute approximate surface area is 166 Å². The highest BCUT2D eigenvalue weighted by Gasteiger charge is 2.47. The Balaban J connectivity index is 3.42. The van der Waals surface area contributed by atoms with Crippen LogP contribution in [0.3, 0.4) is 0 Å². The number of ether oxygens (including phenoxy) is 2. The molecule has 0 fully saturated rings. The number of Topliss-reactive ketones (excluding diaryl/α,β-unsaturated/α-hetero) is 1. The molecule has 5 nitrogen and oxygen atoms in total. The summed E-state index contributed by atoms with van der Waals surface area (Å²) in [5, 5.41) is 0. The maximum absolute atomic E-state index is 13.5. The van der Waals surface area contributed by atoms with Gasteiger partial charge in [0.25, 0.3) is 0 Å². The highest BCUT2D eigenvalue weighted by Crippen LogP contribution is 2.37. The maximum Gasteiger partial charge on any atom is 0.328 e. The van der Waals surface area contributed by atoms with Gasteiger partial charge in [0, 0.05) is 0 Å². The van der Waals surface area contributed by atoms with Crippen LogP contribution in [-0.4, -0.2) is 30.9 Å². The van der Waals surface area contributed by atoms with E-state index in [0.29, 0.717) is 18.4 Å². The molecule has 0 aliphatic rings. The zero-order valence-corrected chi connectivity index (χ0v) is 17.6. The van der Waals surface area contributed by atoms with E-state index < -0.39 is 34.9 Å². The van der Waals surface area contributed by atoms with Crippen molar-refractivity contribution in [3.8, 4) is 0 Å². The Hall–Kier alpha value is -2.24. The van der Waals surface area contributed by atoms with E-state index >= 15 is 0 Å². The number of hydrogen-bond acceptors (Lipinski definition) is 5. The number of rotatable bonds is 9. The molecule has 1 atom stereocenters. The van der Waals surface area contributed by atoms with E-state index in [2.05, 4.69) is 0 Å². The first-order chi connectivity index (χ1) is 13.0. The summed E-state index contributed by atoms with van der Waals surface area (Å²) in [7, 11) is 0. The number of esters is 2. The minimum atomic E-state index is -1.67. The van der Waals surface area contributed by atoms with Crippen LogP contribution in [0.15, 0.2) is 24.3 Å². The third-order valence-electron chi connectivity index (χ3n) is 4.71. The third kappa shape index (κ3) is 6.14. The summed E-state index contributed by atoms with van der Waals surface area (Å²) in [6, 6.07) is 5.57.